The minimum atomic E-state index is -0.673. The summed E-state index contributed by atoms with van der Waals surface area (Å²) in [6, 6.07) is 16.9. The number of aryl methyl sites for hydroxylation is 3. The van der Waals surface area contributed by atoms with Crippen LogP contribution in [0.2, 0.25) is 0 Å². The van der Waals surface area contributed by atoms with Gasteiger partial charge in [0.05, 0.1) is 35.1 Å². The van der Waals surface area contributed by atoms with E-state index in [1.807, 2.05) is 55.5 Å². The third-order valence-electron chi connectivity index (χ3n) is 7.46. The molecule has 1 aliphatic heterocycles. The molecule has 5 rings (SSSR count). The fraction of sp³-hybridized carbons (Fsp3) is 0.286. The zero-order valence-corrected chi connectivity index (χ0v) is 28.1. The number of esters is 1. The van der Waals surface area contributed by atoms with Gasteiger partial charge in [-0.2, -0.15) is 0 Å². The summed E-state index contributed by atoms with van der Waals surface area (Å²) in [5.41, 5.74) is 6.96. The molecule has 0 aliphatic carbocycles. The molecule has 7 nitrogen and oxygen atoms in total. The molecule has 1 atom stereocenters. The summed E-state index contributed by atoms with van der Waals surface area (Å²) < 4.78 is 20.5. The Balaban J connectivity index is 1.55. The molecular formula is C35H35BrN2O5S. The van der Waals surface area contributed by atoms with Gasteiger partial charge in [0.25, 0.3) is 5.56 Å². The van der Waals surface area contributed by atoms with Crippen LogP contribution in [-0.2, 0) is 16.1 Å². The number of aromatic nitrogens is 1. The van der Waals surface area contributed by atoms with Crippen LogP contribution in [0.25, 0.3) is 6.08 Å². The summed E-state index contributed by atoms with van der Waals surface area (Å²) in [5.74, 6) is 0.749. The Morgan fingerprint density at radius 3 is 2.41 bits per heavy atom. The van der Waals surface area contributed by atoms with Crippen LogP contribution in [-0.4, -0.2) is 23.8 Å². The molecule has 0 amide bonds. The second-order valence-electron chi connectivity index (χ2n) is 10.7. The molecule has 9 heteroatoms. The number of fused-ring (bicyclic) bond motifs is 1. The molecule has 0 saturated carbocycles. The summed E-state index contributed by atoms with van der Waals surface area (Å²) in [6.07, 6.45) is 1.83. The van der Waals surface area contributed by atoms with Crippen molar-refractivity contribution < 1.29 is 19.0 Å². The van der Waals surface area contributed by atoms with Gasteiger partial charge in [0.1, 0.15) is 6.61 Å². The predicted molar refractivity (Wildman–Crippen MR) is 177 cm³/mol. The van der Waals surface area contributed by atoms with Crippen LogP contribution in [0.3, 0.4) is 0 Å². The average molecular weight is 676 g/mol. The van der Waals surface area contributed by atoms with Crippen LogP contribution in [0.4, 0.5) is 0 Å². The Morgan fingerprint density at radius 2 is 1.73 bits per heavy atom. The number of carbonyl (C=O) groups is 1. The van der Waals surface area contributed by atoms with Gasteiger partial charge in [0.2, 0.25) is 0 Å². The largest absolute Gasteiger partial charge is 0.490 e. The zero-order valence-electron chi connectivity index (χ0n) is 25.7. The Labute approximate surface area is 269 Å². The Hall–Kier alpha value is -3.95. The van der Waals surface area contributed by atoms with E-state index >= 15 is 0 Å². The molecule has 1 aliphatic rings. The van der Waals surface area contributed by atoms with Crippen molar-refractivity contribution in [1.82, 2.24) is 4.57 Å². The highest BCUT2D eigenvalue weighted by molar-refractivity contribution is 9.10. The zero-order chi connectivity index (χ0) is 31.5. The lowest BCUT2D eigenvalue weighted by Gasteiger charge is -2.24. The van der Waals surface area contributed by atoms with Gasteiger partial charge in [-0.1, -0.05) is 63.2 Å². The number of hydrogen-bond donors (Lipinski definition) is 0. The fourth-order valence-electron chi connectivity index (χ4n) is 5.52. The first-order valence-corrected chi connectivity index (χ1v) is 16.1. The van der Waals surface area contributed by atoms with Crippen molar-refractivity contribution in [3.8, 4) is 11.5 Å². The summed E-state index contributed by atoms with van der Waals surface area (Å²) in [4.78, 5) is 32.3. The van der Waals surface area contributed by atoms with Gasteiger partial charge in [-0.3, -0.25) is 9.36 Å². The minimum absolute atomic E-state index is 0.220. The number of halogens is 1. The molecule has 3 aromatic carbocycles. The van der Waals surface area contributed by atoms with Gasteiger partial charge in [-0.15, -0.1) is 0 Å². The van der Waals surface area contributed by atoms with Crippen molar-refractivity contribution >= 4 is 39.3 Å². The smallest absolute Gasteiger partial charge is 0.338 e. The van der Waals surface area contributed by atoms with E-state index < -0.39 is 12.0 Å². The standard InChI is InChI=1S/C35H35BrN2O5S/c1-7-41-29-16-24(12-13-28(29)43-19-27-21(4)14-20(3)15-22(27)5)17-30-33(39)38-32(25-10-9-11-26(36)18-25)31(34(40)42-8-2)23(6)37-35(38)44-30/h9-18,32H,7-8,19H2,1-6H3/b30-17-/t32-/m0/s1. The third-order valence-corrected chi connectivity index (χ3v) is 8.94. The number of hydrogen-bond acceptors (Lipinski definition) is 7. The SMILES string of the molecule is CCOC(=O)C1=C(C)N=c2s/c(=C\c3ccc(OCc4c(C)cc(C)cc4C)c(OCC)c3)c(=O)n2[C@H]1c1cccc(Br)c1. The molecule has 0 saturated heterocycles. The molecule has 0 bridgehead atoms. The molecule has 1 aromatic heterocycles. The van der Waals surface area contributed by atoms with E-state index in [0.717, 1.165) is 21.2 Å². The van der Waals surface area contributed by atoms with E-state index in [4.69, 9.17) is 14.2 Å². The molecule has 0 fully saturated rings. The number of allylic oxidation sites excluding steroid dienone is 1. The molecule has 0 N–H and O–H groups in total. The van der Waals surface area contributed by atoms with Crippen LogP contribution >= 0.6 is 27.3 Å². The van der Waals surface area contributed by atoms with E-state index in [1.165, 1.54) is 28.0 Å². The summed E-state index contributed by atoms with van der Waals surface area (Å²) in [5, 5.41) is 0. The van der Waals surface area contributed by atoms with Gasteiger partial charge >= 0.3 is 5.97 Å². The molecule has 0 radical (unpaired) electrons. The second kappa shape index (κ2) is 13.4. The number of rotatable bonds is 9. The van der Waals surface area contributed by atoms with Crippen LogP contribution in [0.1, 0.15) is 60.2 Å². The normalized spacial score (nSPS) is 14.7. The third kappa shape index (κ3) is 6.44. The lowest BCUT2D eigenvalue weighted by molar-refractivity contribution is -0.139. The van der Waals surface area contributed by atoms with Crippen molar-refractivity contribution in [2.75, 3.05) is 13.2 Å². The quantitative estimate of drug-likeness (QED) is 0.190. The summed E-state index contributed by atoms with van der Waals surface area (Å²) in [6.45, 7) is 12.9. The van der Waals surface area contributed by atoms with Crippen LogP contribution in [0.5, 0.6) is 11.5 Å². The number of thiazole rings is 1. The van der Waals surface area contributed by atoms with Gasteiger partial charge in [-0.05, 0) is 99.7 Å². The van der Waals surface area contributed by atoms with Crippen LogP contribution in [0.15, 0.2) is 80.1 Å². The molecule has 4 aromatic rings. The highest BCUT2D eigenvalue weighted by atomic mass is 79.9. The van der Waals surface area contributed by atoms with Gasteiger partial charge in [0.15, 0.2) is 16.3 Å². The first-order valence-electron chi connectivity index (χ1n) is 14.5. The van der Waals surface area contributed by atoms with Crippen molar-refractivity contribution in [3.05, 3.63) is 123 Å². The van der Waals surface area contributed by atoms with Crippen LogP contribution < -0.4 is 24.4 Å². The van der Waals surface area contributed by atoms with Gasteiger partial charge in [0, 0.05) is 4.47 Å². The maximum atomic E-state index is 14.0. The van der Waals surface area contributed by atoms with E-state index in [0.29, 0.717) is 45.3 Å². The van der Waals surface area contributed by atoms with Gasteiger partial charge < -0.3 is 14.2 Å². The Kier molecular flexibility index (Phi) is 9.56. The van der Waals surface area contributed by atoms with Crippen LogP contribution in [0, 0.1) is 20.8 Å². The average Bonchev–Trinajstić information content (AvgIpc) is 3.26. The number of nitrogens with zero attached hydrogens (tertiary/aromatic N) is 2. The molecule has 2 heterocycles. The lowest BCUT2D eigenvalue weighted by atomic mass is 9.96. The van der Waals surface area contributed by atoms with Crippen molar-refractivity contribution in [2.45, 2.75) is 54.2 Å². The number of ether oxygens (including phenoxy) is 3. The molecule has 0 spiro atoms. The maximum Gasteiger partial charge on any atom is 0.338 e. The second-order valence-corrected chi connectivity index (χ2v) is 12.6. The monoisotopic (exact) mass is 674 g/mol. The molecule has 228 valence electrons. The summed E-state index contributed by atoms with van der Waals surface area (Å²) in [7, 11) is 0. The number of benzene rings is 3. The Morgan fingerprint density at radius 1 is 0.977 bits per heavy atom. The highest BCUT2D eigenvalue weighted by Gasteiger charge is 2.33. The highest BCUT2D eigenvalue weighted by Crippen LogP contribution is 2.33. The van der Waals surface area contributed by atoms with E-state index in [9.17, 15) is 9.59 Å². The Bertz CT molecular complexity index is 1930. The first-order chi connectivity index (χ1) is 21.1. The topological polar surface area (TPSA) is 79.1 Å². The van der Waals surface area contributed by atoms with Crippen molar-refractivity contribution in [2.24, 2.45) is 4.99 Å². The van der Waals surface area contributed by atoms with Crippen molar-refractivity contribution in [3.63, 3.8) is 0 Å². The number of carbonyl (C=O) groups excluding carboxylic acids is 1. The first kappa shape index (κ1) is 31.5. The predicted octanol–water partition coefficient (Wildman–Crippen LogP) is 6.46. The molecular weight excluding hydrogens is 640 g/mol. The lowest BCUT2D eigenvalue weighted by Crippen LogP contribution is -2.39. The fourth-order valence-corrected chi connectivity index (χ4v) is 6.99. The van der Waals surface area contributed by atoms with E-state index in [-0.39, 0.29) is 12.2 Å². The maximum absolute atomic E-state index is 14.0. The van der Waals surface area contributed by atoms with E-state index in [2.05, 4.69) is 53.8 Å². The molecule has 0 unspecified atom stereocenters. The minimum Gasteiger partial charge on any atom is -0.490 e. The van der Waals surface area contributed by atoms with Gasteiger partial charge in [-0.25, -0.2) is 9.79 Å². The van der Waals surface area contributed by atoms with E-state index in [1.54, 1.807) is 18.4 Å². The van der Waals surface area contributed by atoms with Crippen molar-refractivity contribution in [1.29, 1.82) is 0 Å². The summed E-state index contributed by atoms with van der Waals surface area (Å²) >= 11 is 4.81. The molecule has 44 heavy (non-hydrogen) atoms.